The smallest absolute Gasteiger partial charge is 0.351 e. The second-order valence-corrected chi connectivity index (χ2v) is 7.61. The zero-order valence-corrected chi connectivity index (χ0v) is 14.5. The lowest BCUT2D eigenvalue weighted by molar-refractivity contribution is -0.135. The number of halogens is 1. The van der Waals surface area contributed by atoms with Gasteiger partial charge in [0.05, 0.1) is 17.7 Å². The van der Waals surface area contributed by atoms with Crippen molar-refractivity contribution >= 4 is 43.1 Å². The third kappa shape index (κ3) is 2.66. The van der Waals surface area contributed by atoms with E-state index < -0.39 is 20.7 Å². The number of para-hydroxylation sites is 1. The molecule has 0 amide bonds. The number of rotatable bonds is 2. The molecular weight excluding hydrogens is 382 g/mol. The van der Waals surface area contributed by atoms with Crippen LogP contribution in [0.4, 0.5) is 11.4 Å². The molecule has 0 atom stereocenters. The van der Waals surface area contributed by atoms with Gasteiger partial charge in [0.1, 0.15) is 0 Å². The van der Waals surface area contributed by atoms with Gasteiger partial charge in [-0.05, 0) is 30.3 Å². The Morgan fingerprint density at radius 1 is 1.13 bits per heavy atom. The van der Waals surface area contributed by atoms with E-state index in [0.717, 1.165) is 17.3 Å². The largest absolute Gasteiger partial charge is 0.465 e. The molecule has 3 rings (SSSR count). The predicted octanol–water partition coefficient (Wildman–Crippen LogP) is 3.39. The predicted molar refractivity (Wildman–Crippen MR) is 90.0 cm³/mol. The molecule has 1 aliphatic heterocycles. The van der Waals surface area contributed by atoms with Gasteiger partial charge in [-0.2, -0.15) is 0 Å². The molecule has 0 spiro atoms. The van der Waals surface area contributed by atoms with Gasteiger partial charge in [-0.3, -0.25) is 0 Å². The van der Waals surface area contributed by atoms with Crippen LogP contribution >= 0.6 is 15.9 Å². The van der Waals surface area contributed by atoms with Crippen molar-refractivity contribution in [1.29, 1.82) is 0 Å². The minimum absolute atomic E-state index is 0.0721. The first-order valence-corrected chi connectivity index (χ1v) is 8.92. The van der Waals surface area contributed by atoms with Crippen molar-refractivity contribution < 1.29 is 17.9 Å². The second-order valence-electron chi connectivity index (χ2n) is 4.81. The van der Waals surface area contributed by atoms with Gasteiger partial charge >= 0.3 is 5.97 Å². The molecule has 2 aromatic rings. The van der Waals surface area contributed by atoms with Crippen LogP contribution in [0.1, 0.15) is 0 Å². The minimum atomic E-state index is -3.91. The molecule has 0 radical (unpaired) electrons. The lowest BCUT2D eigenvalue weighted by Gasteiger charge is -2.28. The van der Waals surface area contributed by atoms with Crippen LogP contribution in [0, 0.1) is 0 Å². The average molecular weight is 394 g/mol. The summed E-state index contributed by atoms with van der Waals surface area (Å²) in [5, 5.41) is 0. The molecule has 0 saturated heterocycles. The summed E-state index contributed by atoms with van der Waals surface area (Å²) in [6.45, 7) is 0. The molecule has 0 bridgehead atoms. The van der Waals surface area contributed by atoms with E-state index in [0.29, 0.717) is 5.69 Å². The molecule has 23 heavy (non-hydrogen) atoms. The molecule has 1 aliphatic rings. The van der Waals surface area contributed by atoms with Gasteiger partial charge in [-0.25, -0.2) is 13.2 Å². The topological polar surface area (TPSA) is 63.7 Å². The maximum Gasteiger partial charge on any atom is 0.351 e. The fourth-order valence-corrected chi connectivity index (χ4v) is 4.23. The first-order valence-electron chi connectivity index (χ1n) is 6.64. The van der Waals surface area contributed by atoms with Gasteiger partial charge in [0, 0.05) is 16.4 Å². The zero-order valence-electron chi connectivity index (χ0n) is 12.1. The van der Waals surface area contributed by atoms with E-state index in [-0.39, 0.29) is 4.90 Å². The lowest BCUT2D eigenvalue weighted by Crippen LogP contribution is -2.26. The third-order valence-corrected chi connectivity index (χ3v) is 5.69. The number of esters is 1. The van der Waals surface area contributed by atoms with Gasteiger partial charge in [0.15, 0.2) is 4.91 Å². The van der Waals surface area contributed by atoms with E-state index in [1.165, 1.54) is 12.3 Å². The monoisotopic (exact) mass is 393 g/mol. The number of hydrogen-bond donors (Lipinski definition) is 0. The van der Waals surface area contributed by atoms with Crippen LogP contribution in [-0.4, -0.2) is 21.5 Å². The Hall–Kier alpha value is -2.12. The summed E-state index contributed by atoms with van der Waals surface area (Å²) < 4.78 is 30.8. The van der Waals surface area contributed by atoms with Gasteiger partial charge in [0.2, 0.25) is 9.84 Å². The van der Waals surface area contributed by atoms with E-state index in [2.05, 4.69) is 20.7 Å². The number of ether oxygens (including phenoxy) is 1. The third-order valence-electron chi connectivity index (χ3n) is 3.42. The van der Waals surface area contributed by atoms with Crippen molar-refractivity contribution in [3.63, 3.8) is 0 Å². The number of benzene rings is 2. The number of fused-ring (bicyclic) bond motifs is 1. The molecule has 0 unspecified atom stereocenters. The summed E-state index contributed by atoms with van der Waals surface area (Å²) in [5.41, 5.74) is 1.21. The van der Waals surface area contributed by atoms with Gasteiger partial charge in [-0.1, -0.05) is 34.1 Å². The van der Waals surface area contributed by atoms with E-state index in [4.69, 9.17) is 0 Å². The highest BCUT2D eigenvalue weighted by atomic mass is 79.9. The number of nitrogens with zero attached hydrogens (tertiary/aromatic N) is 1. The molecule has 0 aromatic heterocycles. The molecule has 0 saturated carbocycles. The molecule has 5 nitrogen and oxygen atoms in total. The van der Waals surface area contributed by atoms with Gasteiger partial charge < -0.3 is 9.64 Å². The Bertz CT molecular complexity index is 921. The number of carbonyl (C=O) groups excluding carboxylic acids is 1. The maximum absolute atomic E-state index is 12.6. The molecule has 7 heteroatoms. The minimum Gasteiger partial charge on any atom is -0.465 e. The fraction of sp³-hybridized carbons (Fsp3) is 0.0625. The molecule has 1 heterocycles. The van der Waals surface area contributed by atoms with Crippen LogP contribution < -0.4 is 4.90 Å². The molecule has 2 aromatic carbocycles. The van der Waals surface area contributed by atoms with E-state index in [9.17, 15) is 13.2 Å². The highest BCUT2D eigenvalue weighted by Gasteiger charge is 2.36. The van der Waals surface area contributed by atoms with Crippen molar-refractivity contribution in [3.05, 3.63) is 64.1 Å². The van der Waals surface area contributed by atoms with Crippen LogP contribution in [0.25, 0.3) is 0 Å². The number of carbonyl (C=O) groups is 1. The Morgan fingerprint density at radius 3 is 2.57 bits per heavy atom. The zero-order chi connectivity index (χ0) is 16.6. The summed E-state index contributed by atoms with van der Waals surface area (Å²) in [6, 6.07) is 13.9. The fourth-order valence-electron chi connectivity index (χ4n) is 2.36. The van der Waals surface area contributed by atoms with Crippen LogP contribution in [0.15, 0.2) is 69.0 Å². The van der Waals surface area contributed by atoms with Crippen molar-refractivity contribution in [2.24, 2.45) is 0 Å². The Morgan fingerprint density at radius 2 is 1.87 bits per heavy atom. The molecule has 118 valence electrons. The standard InChI is InChI=1S/C16H12BrNO4S/c1-22-16(19)15-10-18(12-6-4-5-11(17)9-12)13-7-2-3-8-14(13)23(15,20)21/h2-10H,1H3. The van der Waals surface area contributed by atoms with E-state index in [1.54, 1.807) is 23.1 Å². The summed E-state index contributed by atoms with van der Waals surface area (Å²) in [4.78, 5) is 13.3. The van der Waals surface area contributed by atoms with Crippen LogP contribution in [-0.2, 0) is 19.4 Å². The molecular formula is C16H12BrNO4S. The summed E-state index contributed by atoms with van der Waals surface area (Å²) in [7, 11) is -2.76. The summed E-state index contributed by atoms with van der Waals surface area (Å²) in [5.74, 6) is -0.889. The normalized spacial score (nSPS) is 15.6. The summed E-state index contributed by atoms with van der Waals surface area (Å²) in [6.07, 6.45) is 1.30. The maximum atomic E-state index is 12.6. The van der Waals surface area contributed by atoms with E-state index in [1.807, 2.05) is 24.3 Å². The summed E-state index contributed by atoms with van der Waals surface area (Å²) >= 11 is 3.39. The van der Waals surface area contributed by atoms with Crippen LogP contribution in [0.5, 0.6) is 0 Å². The first kappa shape index (κ1) is 15.8. The lowest BCUT2D eigenvalue weighted by atomic mass is 10.2. The number of sulfone groups is 1. The highest BCUT2D eigenvalue weighted by Crippen LogP contribution is 2.40. The Labute approximate surface area is 142 Å². The SMILES string of the molecule is COC(=O)C1=CN(c2cccc(Br)c2)c2ccccc2S1(=O)=O. The van der Waals surface area contributed by atoms with Crippen molar-refractivity contribution in [2.45, 2.75) is 4.90 Å². The molecule has 0 aliphatic carbocycles. The second kappa shape index (κ2) is 5.82. The quantitative estimate of drug-likeness (QED) is 0.731. The average Bonchev–Trinajstić information content (AvgIpc) is 2.54. The number of hydrogen-bond acceptors (Lipinski definition) is 5. The van der Waals surface area contributed by atoms with E-state index >= 15 is 0 Å². The van der Waals surface area contributed by atoms with Crippen molar-refractivity contribution in [3.8, 4) is 0 Å². The van der Waals surface area contributed by atoms with Crippen LogP contribution in [0.2, 0.25) is 0 Å². The molecule has 0 fully saturated rings. The van der Waals surface area contributed by atoms with Crippen LogP contribution in [0.3, 0.4) is 0 Å². The first-order chi connectivity index (χ1) is 10.9. The van der Waals surface area contributed by atoms with Gasteiger partial charge in [0.25, 0.3) is 0 Å². The Kier molecular flexibility index (Phi) is 3.99. The Balaban J connectivity index is 2.28. The number of anilines is 2. The van der Waals surface area contributed by atoms with Gasteiger partial charge in [-0.15, -0.1) is 0 Å². The van der Waals surface area contributed by atoms with Crippen molar-refractivity contribution in [2.75, 3.05) is 12.0 Å². The number of methoxy groups -OCH3 is 1. The van der Waals surface area contributed by atoms with Crippen molar-refractivity contribution in [1.82, 2.24) is 0 Å². The highest BCUT2D eigenvalue weighted by molar-refractivity contribution is 9.10. The molecule has 0 N–H and O–H groups in total.